The lowest BCUT2D eigenvalue weighted by Gasteiger charge is -2.10. The second kappa shape index (κ2) is 5.65. The van der Waals surface area contributed by atoms with E-state index >= 15 is 0 Å². The van der Waals surface area contributed by atoms with Crippen LogP contribution in [-0.4, -0.2) is 35.3 Å². The highest BCUT2D eigenvalue weighted by atomic mass is 16.1. The van der Waals surface area contributed by atoms with Crippen molar-refractivity contribution in [1.82, 2.24) is 20.4 Å². The van der Waals surface area contributed by atoms with Gasteiger partial charge >= 0.3 is 0 Å². The molecule has 1 atom stereocenters. The summed E-state index contributed by atoms with van der Waals surface area (Å²) in [5.74, 6) is -0.124. The van der Waals surface area contributed by atoms with Crippen molar-refractivity contribution in [2.24, 2.45) is 0 Å². The molecule has 5 nitrogen and oxygen atoms in total. The molecule has 0 fully saturated rings. The van der Waals surface area contributed by atoms with Crippen LogP contribution in [0.5, 0.6) is 0 Å². The van der Waals surface area contributed by atoms with Gasteiger partial charge in [0.2, 0.25) is 0 Å². The van der Waals surface area contributed by atoms with Gasteiger partial charge in [-0.2, -0.15) is 5.10 Å². The van der Waals surface area contributed by atoms with Gasteiger partial charge in [-0.3, -0.25) is 9.48 Å². The van der Waals surface area contributed by atoms with Gasteiger partial charge in [0.05, 0.1) is 0 Å². The van der Waals surface area contributed by atoms with Gasteiger partial charge in [-0.25, -0.2) is 0 Å². The maximum absolute atomic E-state index is 11.7. The first-order chi connectivity index (χ1) is 7.54. The Morgan fingerprint density at radius 3 is 2.69 bits per heavy atom. The van der Waals surface area contributed by atoms with Crippen LogP contribution in [0.25, 0.3) is 0 Å². The molecule has 0 saturated heterocycles. The van der Waals surface area contributed by atoms with E-state index in [1.165, 1.54) is 0 Å². The molecule has 1 aromatic rings. The number of likely N-dealkylation sites (N-methyl/N-ethyl adjacent to an activating group) is 1. The third kappa shape index (κ3) is 3.34. The normalized spacial score (nSPS) is 12.8. The van der Waals surface area contributed by atoms with E-state index in [9.17, 15) is 4.79 Å². The number of nitrogens with zero attached hydrogens (tertiary/aromatic N) is 2. The number of carbonyl (C=O) groups excluding carboxylic acids is 1. The molecule has 0 aromatic carbocycles. The zero-order valence-corrected chi connectivity index (χ0v) is 10.3. The third-order valence-corrected chi connectivity index (χ3v) is 2.43. The van der Waals surface area contributed by atoms with Crippen LogP contribution < -0.4 is 10.6 Å². The molecule has 0 aliphatic rings. The Bertz CT molecular complexity index is 346. The fraction of sp³-hybridized carbons (Fsp3) is 0.636. The van der Waals surface area contributed by atoms with Gasteiger partial charge in [0.25, 0.3) is 5.91 Å². The smallest absolute Gasteiger partial charge is 0.271 e. The minimum absolute atomic E-state index is 0.124. The molecule has 1 unspecified atom stereocenters. The molecular weight excluding hydrogens is 204 g/mol. The molecule has 2 N–H and O–H groups in total. The highest BCUT2D eigenvalue weighted by Crippen LogP contribution is 2.03. The second-order valence-corrected chi connectivity index (χ2v) is 4.17. The maximum Gasteiger partial charge on any atom is 0.271 e. The van der Waals surface area contributed by atoms with E-state index in [2.05, 4.69) is 15.7 Å². The number of hydrogen-bond donors (Lipinski definition) is 2. The summed E-state index contributed by atoms with van der Waals surface area (Å²) < 4.78 is 1.77. The van der Waals surface area contributed by atoms with Crippen molar-refractivity contribution in [3.63, 3.8) is 0 Å². The van der Waals surface area contributed by atoms with E-state index in [0.29, 0.717) is 12.2 Å². The zero-order valence-electron chi connectivity index (χ0n) is 10.3. The summed E-state index contributed by atoms with van der Waals surface area (Å²) in [6, 6.07) is 2.27. The van der Waals surface area contributed by atoms with Crippen molar-refractivity contribution in [2.75, 3.05) is 13.6 Å². The van der Waals surface area contributed by atoms with Gasteiger partial charge in [0.1, 0.15) is 5.69 Å². The maximum atomic E-state index is 11.7. The topological polar surface area (TPSA) is 58.9 Å². The molecule has 0 aliphatic heterocycles. The number of nitrogens with one attached hydrogen (secondary N) is 2. The summed E-state index contributed by atoms with van der Waals surface area (Å²) in [6.07, 6.45) is 1.82. The van der Waals surface area contributed by atoms with Crippen LogP contribution in [0.3, 0.4) is 0 Å². The van der Waals surface area contributed by atoms with Gasteiger partial charge in [0.15, 0.2) is 0 Å². The molecular formula is C11H20N4O. The molecule has 0 aliphatic carbocycles. The highest BCUT2D eigenvalue weighted by molar-refractivity contribution is 5.92. The molecule has 90 valence electrons. The summed E-state index contributed by atoms with van der Waals surface area (Å²) in [5, 5.41) is 10.1. The Morgan fingerprint density at radius 1 is 1.50 bits per heavy atom. The summed E-state index contributed by atoms with van der Waals surface area (Å²) >= 11 is 0. The molecule has 5 heteroatoms. The van der Waals surface area contributed by atoms with Crippen LogP contribution in [-0.2, 0) is 0 Å². The molecule has 0 saturated carbocycles. The molecule has 0 bridgehead atoms. The summed E-state index contributed by atoms with van der Waals surface area (Å²) in [6.45, 7) is 6.66. The monoisotopic (exact) mass is 224 g/mol. The fourth-order valence-electron chi connectivity index (χ4n) is 1.19. The SMILES string of the molecule is CNC(C)CNC(=O)c1ccn(C(C)C)n1. The van der Waals surface area contributed by atoms with E-state index in [1.807, 2.05) is 34.0 Å². The molecule has 1 rings (SSSR count). The standard InChI is InChI=1S/C11H20N4O/c1-8(2)15-6-5-10(14-15)11(16)13-7-9(3)12-4/h5-6,8-9,12H,7H2,1-4H3,(H,13,16). The van der Waals surface area contributed by atoms with Crippen molar-refractivity contribution < 1.29 is 4.79 Å². The van der Waals surface area contributed by atoms with Crippen molar-refractivity contribution in [3.8, 4) is 0 Å². The number of hydrogen-bond acceptors (Lipinski definition) is 3. The Kier molecular flexibility index (Phi) is 4.49. The first kappa shape index (κ1) is 12.7. The average molecular weight is 224 g/mol. The van der Waals surface area contributed by atoms with Crippen molar-refractivity contribution in [1.29, 1.82) is 0 Å². The summed E-state index contributed by atoms with van der Waals surface area (Å²) in [7, 11) is 1.87. The van der Waals surface area contributed by atoms with Crippen LogP contribution in [0.2, 0.25) is 0 Å². The number of amides is 1. The minimum atomic E-state index is -0.124. The van der Waals surface area contributed by atoms with Crippen LogP contribution in [0.4, 0.5) is 0 Å². The van der Waals surface area contributed by atoms with Gasteiger partial charge in [-0.15, -0.1) is 0 Å². The lowest BCUT2D eigenvalue weighted by atomic mass is 10.3. The Balaban J connectivity index is 2.53. The van der Waals surface area contributed by atoms with Crippen molar-refractivity contribution in [3.05, 3.63) is 18.0 Å². The predicted molar refractivity (Wildman–Crippen MR) is 63.5 cm³/mol. The highest BCUT2D eigenvalue weighted by Gasteiger charge is 2.10. The molecule has 1 amide bonds. The number of aromatic nitrogens is 2. The number of rotatable bonds is 5. The van der Waals surface area contributed by atoms with Gasteiger partial charge in [-0.1, -0.05) is 0 Å². The van der Waals surface area contributed by atoms with Crippen LogP contribution in [0.15, 0.2) is 12.3 Å². The first-order valence-electron chi connectivity index (χ1n) is 5.55. The van der Waals surface area contributed by atoms with E-state index in [1.54, 1.807) is 10.7 Å². The largest absolute Gasteiger partial charge is 0.349 e. The molecule has 1 heterocycles. The third-order valence-electron chi connectivity index (χ3n) is 2.43. The van der Waals surface area contributed by atoms with Crippen LogP contribution in [0, 0.1) is 0 Å². The van der Waals surface area contributed by atoms with Crippen LogP contribution in [0.1, 0.15) is 37.3 Å². The average Bonchev–Trinajstić information content (AvgIpc) is 2.74. The second-order valence-electron chi connectivity index (χ2n) is 4.17. The van der Waals surface area contributed by atoms with Gasteiger partial charge < -0.3 is 10.6 Å². The van der Waals surface area contributed by atoms with Gasteiger partial charge in [-0.05, 0) is 33.9 Å². The van der Waals surface area contributed by atoms with E-state index in [0.717, 1.165) is 0 Å². The zero-order chi connectivity index (χ0) is 12.1. The Morgan fingerprint density at radius 2 is 2.19 bits per heavy atom. The van der Waals surface area contributed by atoms with E-state index < -0.39 is 0 Å². The lowest BCUT2D eigenvalue weighted by molar-refractivity contribution is 0.0944. The molecule has 1 aromatic heterocycles. The quantitative estimate of drug-likeness (QED) is 0.778. The summed E-state index contributed by atoms with van der Waals surface area (Å²) in [4.78, 5) is 11.7. The predicted octanol–water partition coefficient (Wildman–Crippen LogP) is 0.802. The Labute approximate surface area is 96.2 Å². The van der Waals surface area contributed by atoms with Gasteiger partial charge in [0, 0.05) is 24.8 Å². The minimum Gasteiger partial charge on any atom is -0.349 e. The molecule has 0 spiro atoms. The lowest BCUT2D eigenvalue weighted by Crippen LogP contribution is -2.37. The van der Waals surface area contributed by atoms with Crippen molar-refractivity contribution >= 4 is 5.91 Å². The first-order valence-corrected chi connectivity index (χ1v) is 5.55. The molecule has 16 heavy (non-hydrogen) atoms. The fourth-order valence-corrected chi connectivity index (χ4v) is 1.19. The van der Waals surface area contributed by atoms with E-state index in [4.69, 9.17) is 0 Å². The number of carbonyl (C=O) groups is 1. The van der Waals surface area contributed by atoms with Crippen molar-refractivity contribution in [2.45, 2.75) is 32.9 Å². The Hall–Kier alpha value is -1.36. The summed E-state index contributed by atoms with van der Waals surface area (Å²) in [5.41, 5.74) is 0.469. The van der Waals surface area contributed by atoms with E-state index in [-0.39, 0.29) is 18.0 Å². The van der Waals surface area contributed by atoms with Crippen LogP contribution >= 0.6 is 0 Å². The molecule has 0 radical (unpaired) electrons.